The normalized spacial score (nSPS) is 45.6. The first-order chi connectivity index (χ1) is 18.3. The van der Waals surface area contributed by atoms with Crippen molar-refractivity contribution in [3.05, 3.63) is 0 Å². The molecule has 0 spiro atoms. The van der Waals surface area contributed by atoms with Gasteiger partial charge in [0.25, 0.3) is 0 Å². The monoisotopic (exact) mass is 592 g/mol. The van der Waals surface area contributed by atoms with Crippen LogP contribution in [0.25, 0.3) is 0 Å². The van der Waals surface area contributed by atoms with Gasteiger partial charge in [-0.25, -0.2) is 0 Å². The third-order valence-corrected chi connectivity index (χ3v) is 11.1. The average molecular weight is 594 g/mol. The van der Waals surface area contributed by atoms with Crippen LogP contribution in [0.3, 0.4) is 0 Å². The van der Waals surface area contributed by atoms with Crippen LogP contribution in [0.5, 0.6) is 0 Å². The average Bonchev–Trinajstić information content (AvgIpc) is 3.46. The van der Waals surface area contributed by atoms with Gasteiger partial charge in [-0.2, -0.15) is 0 Å². The fourth-order valence-corrected chi connectivity index (χ4v) is 9.10. The highest BCUT2D eigenvalue weighted by atomic mass is 35.5. The molecule has 5 N–H and O–H groups in total. The van der Waals surface area contributed by atoms with Crippen molar-refractivity contribution < 1.29 is 19.1 Å². The minimum atomic E-state index is -0.225. The van der Waals surface area contributed by atoms with Gasteiger partial charge in [-0.15, -0.1) is 35.0 Å². The molecule has 5 rings (SSSR count). The Kier molecular flexibility index (Phi) is 9.70. The molecular weight excluding hydrogens is 551 g/mol. The molecule has 0 aliphatic carbocycles. The van der Waals surface area contributed by atoms with E-state index in [-0.39, 0.29) is 75.5 Å². The number of alkyl halides is 2. The van der Waals surface area contributed by atoms with E-state index in [9.17, 15) is 9.59 Å². The van der Waals surface area contributed by atoms with Crippen LogP contribution < -0.4 is 26.6 Å². The molecule has 0 bridgehead atoms. The summed E-state index contributed by atoms with van der Waals surface area (Å²) in [7, 11) is 3.37. The largest absolute Gasteiger partial charge is 0.380 e. The Morgan fingerprint density at radius 1 is 0.974 bits per heavy atom. The number of carbonyl (C=O) groups is 2. The van der Waals surface area contributed by atoms with Crippen molar-refractivity contribution >= 4 is 46.8 Å². The molecule has 38 heavy (non-hydrogen) atoms. The number of rotatable bonds is 6. The number of amides is 2. The molecule has 5 aliphatic heterocycles. The molecule has 12 atom stereocenters. The molecule has 0 radical (unpaired) electrons. The highest BCUT2D eigenvalue weighted by Crippen LogP contribution is 2.39. The smallest absolute Gasteiger partial charge is 0.227 e. The Balaban J connectivity index is 1.14. The van der Waals surface area contributed by atoms with Crippen molar-refractivity contribution in [2.45, 2.75) is 72.2 Å². The quantitative estimate of drug-likeness (QED) is 0.219. The van der Waals surface area contributed by atoms with E-state index in [0.29, 0.717) is 45.2 Å². The maximum Gasteiger partial charge on any atom is 0.227 e. The van der Waals surface area contributed by atoms with Crippen LogP contribution in [0.4, 0.5) is 0 Å². The Bertz CT molecular complexity index is 849. The van der Waals surface area contributed by atoms with E-state index in [1.807, 2.05) is 4.90 Å². The predicted molar refractivity (Wildman–Crippen MR) is 149 cm³/mol. The zero-order valence-corrected chi connectivity index (χ0v) is 24.7. The minimum Gasteiger partial charge on any atom is -0.380 e. The van der Waals surface area contributed by atoms with Crippen LogP contribution in [-0.2, 0) is 19.1 Å². The molecule has 5 heterocycles. The molecule has 0 aromatic carbocycles. The summed E-state index contributed by atoms with van der Waals surface area (Å²) in [5, 5.41) is 16.9. The summed E-state index contributed by atoms with van der Waals surface area (Å²) in [6, 6.07) is 0.504. The zero-order chi connectivity index (χ0) is 27.0. The van der Waals surface area contributed by atoms with E-state index in [2.05, 4.69) is 33.5 Å². The number of piperidine rings is 3. The lowest BCUT2D eigenvalue weighted by molar-refractivity contribution is -0.136. The van der Waals surface area contributed by atoms with Gasteiger partial charge in [0.05, 0.1) is 28.8 Å². The standard InChI is InChI=1S/C25H42Cl2N6O4S/c1-12-4-14(15-6-21(27)29-9-19(15)36-2)16(8-28-12)22(34)32-25-31-18-10-33(11-20(18)38-25)24(35)13-5-17(26)23(37-3)30-7-13/h12-21,23,25,28-31H,4-11H2,1-3H3,(H,32,34). The Morgan fingerprint density at radius 3 is 2.50 bits per heavy atom. The molecule has 12 unspecified atom stereocenters. The second-order valence-electron chi connectivity index (χ2n) is 11.5. The highest BCUT2D eigenvalue weighted by Gasteiger charge is 2.47. The third kappa shape index (κ3) is 6.26. The molecule has 5 saturated heterocycles. The van der Waals surface area contributed by atoms with Crippen LogP contribution in [0.2, 0.25) is 0 Å². The van der Waals surface area contributed by atoms with Gasteiger partial charge in [-0.1, -0.05) is 0 Å². The van der Waals surface area contributed by atoms with Crippen molar-refractivity contribution in [2.24, 2.45) is 23.7 Å². The third-order valence-electron chi connectivity index (χ3n) is 9.05. The first-order valence-electron chi connectivity index (χ1n) is 13.8. The summed E-state index contributed by atoms with van der Waals surface area (Å²) in [4.78, 5) is 28.7. The maximum atomic E-state index is 13.6. The van der Waals surface area contributed by atoms with Crippen LogP contribution in [0, 0.1) is 23.7 Å². The summed E-state index contributed by atoms with van der Waals surface area (Å²) in [6.07, 6.45) is 2.15. The first kappa shape index (κ1) is 29.1. The van der Waals surface area contributed by atoms with Crippen LogP contribution in [0.15, 0.2) is 0 Å². The van der Waals surface area contributed by atoms with E-state index >= 15 is 0 Å². The topological polar surface area (TPSA) is 116 Å². The van der Waals surface area contributed by atoms with Gasteiger partial charge in [0.1, 0.15) is 11.7 Å². The molecule has 13 heteroatoms. The van der Waals surface area contributed by atoms with E-state index in [1.165, 1.54) is 0 Å². The fourth-order valence-electron chi connectivity index (χ4n) is 6.99. The predicted octanol–water partition coefficient (Wildman–Crippen LogP) is 0.295. The lowest BCUT2D eigenvalue weighted by Gasteiger charge is -2.45. The maximum absolute atomic E-state index is 13.6. The lowest BCUT2D eigenvalue weighted by Crippen LogP contribution is -2.57. The number of carbonyl (C=O) groups excluding carboxylic acids is 2. The second kappa shape index (κ2) is 12.7. The summed E-state index contributed by atoms with van der Waals surface area (Å²) in [6.45, 7) is 5.43. The van der Waals surface area contributed by atoms with Crippen molar-refractivity contribution in [3.8, 4) is 0 Å². The number of halogens is 2. The molecule has 0 saturated carbocycles. The van der Waals surface area contributed by atoms with Crippen LogP contribution >= 0.6 is 35.0 Å². The Hall–Kier alpha value is -0.370. The number of hydrogen-bond acceptors (Lipinski definition) is 9. The van der Waals surface area contributed by atoms with Gasteiger partial charge in [-0.3, -0.25) is 25.5 Å². The molecule has 0 aromatic rings. The van der Waals surface area contributed by atoms with Crippen molar-refractivity contribution in [1.29, 1.82) is 0 Å². The van der Waals surface area contributed by atoms with Gasteiger partial charge in [0, 0.05) is 64.3 Å². The molecule has 10 nitrogen and oxygen atoms in total. The van der Waals surface area contributed by atoms with Gasteiger partial charge in [-0.05, 0) is 38.0 Å². The number of nitrogens with zero attached hydrogens (tertiary/aromatic N) is 1. The number of likely N-dealkylation sites (tertiary alicyclic amines) is 1. The van der Waals surface area contributed by atoms with E-state index in [1.54, 1.807) is 26.0 Å². The van der Waals surface area contributed by atoms with Gasteiger partial charge in [0.2, 0.25) is 11.8 Å². The number of methoxy groups -OCH3 is 2. The summed E-state index contributed by atoms with van der Waals surface area (Å²) in [5.74, 6) is 0.364. The molecule has 2 amide bonds. The van der Waals surface area contributed by atoms with Crippen molar-refractivity contribution in [2.75, 3.05) is 46.9 Å². The Morgan fingerprint density at radius 2 is 1.79 bits per heavy atom. The molecule has 0 aromatic heterocycles. The first-order valence-corrected chi connectivity index (χ1v) is 15.6. The summed E-state index contributed by atoms with van der Waals surface area (Å²) in [5.41, 5.74) is -0.258. The number of nitrogens with one attached hydrogen (secondary N) is 5. The van der Waals surface area contributed by atoms with Crippen molar-refractivity contribution in [3.63, 3.8) is 0 Å². The summed E-state index contributed by atoms with van der Waals surface area (Å²) >= 11 is 14.6. The highest BCUT2D eigenvalue weighted by molar-refractivity contribution is 8.00. The van der Waals surface area contributed by atoms with Gasteiger partial charge >= 0.3 is 0 Å². The van der Waals surface area contributed by atoms with E-state index in [0.717, 1.165) is 12.8 Å². The Labute approximate surface area is 239 Å². The zero-order valence-electron chi connectivity index (χ0n) is 22.3. The fraction of sp³-hybridized carbons (Fsp3) is 0.920. The van der Waals surface area contributed by atoms with Gasteiger partial charge < -0.3 is 25.0 Å². The molecule has 216 valence electrons. The number of thioether (sulfide) groups is 1. The molecule has 5 aliphatic rings. The van der Waals surface area contributed by atoms with Crippen LogP contribution in [0.1, 0.15) is 26.2 Å². The number of ether oxygens (including phenoxy) is 2. The van der Waals surface area contributed by atoms with Crippen LogP contribution in [-0.4, -0.2) is 110 Å². The lowest BCUT2D eigenvalue weighted by atomic mass is 9.70. The second-order valence-corrected chi connectivity index (χ2v) is 13.9. The molecule has 5 fully saturated rings. The number of hydrogen-bond donors (Lipinski definition) is 5. The van der Waals surface area contributed by atoms with E-state index in [4.69, 9.17) is 32.7 Å². The van der Waals surface area contributed by atoms with Crippen molar-refractivity contribution in [1.82, 2.24) is 31.5 Å². The van der Waals surface area contributed by atoms with E-state index < -0.39 is 0 Å². The number of fused-ring (bicyclic) bond motifs is 1. The summed E-state index contributed by atoms with van der Waals surface area (Å²) < 4.78 is 11.1. The molecular formula is C25H42Cl2N6O4S. The SMILES string of the molecule is COC1CNC(Cl)CC1C1CC(C)NCC1C(=O)NC1NC2CN(C(=O)C3CNC(OC)C(Cl)C3)CC2S1. The van der Waals surface area contributed by atoms with Gasteiger partial charge in [0.15, 0.2) is 0 Å². The minimum absolute atomic E-state index is 0.0475.